The number of nitrogens with zero attached hydrogens (tertiary/aromatic N) is 2. The van der Waals surface area contributed by atoms with Gasteiger partial charge in [0.2, 0.25) is 0 Å². The van der Waals surface area contributed by atoms with Gasteiger partial charge >= 0.3 is 0 Å². The van der Waals surface area contributed by atoms with E-state index in [4.69, 9.17) is 11.5 Å². The lowest BCUT2D eigenvalue weighted by Gasteiger charge is -2.04. The van der Waals surface area contributed by atoms with Gasteiger partial charge in [-0.15, -0.1) is 11.8 Å². The van der Waals surface area contributed by atoms with Crippen molar-refractivity contribution in [2.24, 2.45) is 5.73 Å². The maximum Gasteiger partial charge on any atom is 0.254 e. The van der Waals surface area contributed by atoms with E-state index in [2.05, 4.69) is 9.97 Å². The van der Waals surface area contributed by atoms with Crippen LogP contribution in [0.1, 0.15) is 16.2 Å². The molecule has 0 unspecified atom stereocenters. The monoisotopic (exact) mass is 278 g/mol. The molecule has 7 heteroatoms. The Labute approximate surface area is 113 Å². The smallest absolute Gasteiger partial charge is 0.254 e. The van der Waals surface area contributed by atoms with Crippen molar-refractivity contribution in [3.63, 3.8) is 0 Å². The molecule has 2 rings (SSSR count). The molecule has 0 bridgehead atoms. The Morgan fingerprint density at radius 3 is 2.84 bits per heavy atom. The first-order chi connectivity index (χ1) is 9.06. The number of hydrogen-bond acceptors (Lipinski definition) is 5. The number of hydrogen-bond donors (Lipinski definition) is 2. The molecule has 0 aliphatic heterocycles. The van der Waals surface area contributed by atoms with Crippen molar-refractivity contribution in [3.8, 4) is 0 Å². The van der Waals surface area contributed by atoms with Crippen molar-refractivity contribution in [1.29, 1.82) is 0 Å². The van der Waals surface area contributed by atoms with Gasteiger partial charge in [0, 0.05) is 11.1 Å². The van der Waals surface area contributed by atoms with E-state index in [0.717, 1.165) is 4.90 Å². The van der Waals surface area contributed by atoms with E-state index in [1.165, 1.54) is 30.1 Å². The summed E-state index contributed by atoms with van der Waals surface area (Å²) in [4.78, 5) is 19.7. The summed E-state index contributed by atoms with van der Waals surface area (Å²) in [5.74, 6) is -0.0300. The summed E-state index contributed by atoms with van der Waals surface area (Å²) in [7, 11) is 0. The molecule has 1 aromatic carbocycles. The number of primary amides is 1. The normalized spacial score (nSPS) is 10.4. The quantitative estimate of drug-likeness (QED) is 0.828. The second kappa shape index (κ2) is 5.66. The van der Waals surface area contributed by atoms with E-state index in [1.807, 2.05) is 0 Å². The van der Waals surface area contributed by atoms with Crippen LogP contribution in [0.25, 0.3) is 0 Å². The molecule has 0 atom stereocenters. The first-order valence-electron chi connectivity index (χ1n) is 5.36. The van der Waals surface area contributed by atoms with Gasteiger partial charge in [-0.25, -0.2) is 14.4 Å². The number of anilines is 1. The standard InChI is InChI=1S/C12H11FN4OS/c13-7-2-1-3-8(4-7)19-6-10-16-5-9(12(15)18)11(14)17-10/h1-5H,6H2,(H2,15,18)(H2,14,16,17). The van der Waals surface area contributed by atoms with Crippen LogP contribution < -0.4 is 11.5 Å². The first-order valence-corrected chi connectivity index (χ1v) is 6.34. The van der Waals surface area contributed by atoms with Crippen molar-refractivity contribution in [3.05, 3.63) is 47.7 Å². The Kier molecular flexibility index (Phi) is 3.96. The Hall–Kier alpha value is -2.15. The predicted molar refractivity (Wildman–Crippen MR) is 70.9 cm³/mol. The van der Waals surface area contributed by atoms with E-state index in [1.54, 1.807) is 12.1 Å². The third-order valence-electron chi connectivity index (χ3n) is 2.30. The number of amides is 1. The molecule has 4 N–H and O–H groups in total. The highest BCUT2D eigenvalue weighted by molar-refractivity contribution is 7.98. The van der Waals surface area contributed by atoms with E-state index in [0.29, 0.717) is 11.6 Å². The third-order valence-corrected chi connectivity index (χ3v) is 3.29. The molecule has 5 nitrogen and oxygen atoms in total. The largest absolute Gasteiger partial charge is 0.383 e. The second-order valence-corrected chi connectivity index (χ2v) is 4.74. The van der Waals surface area contributed by atoms with Crippen LogP contribution in [0.2, 0.25) is 0 Å². The number of nitrogens with two attached hydrogens (primary N) is 2. The Morgan fingerprint density at radius 2 is 2.21 bits per heavy atom. The van der Waals surface area contributed by atoms with E-state index >= 15 is 0 Å². The zero-order valence-electron chi connectivity index (χ0n) is 9.84. The number of nitrogen functional groups attached to an aromatic ring is 1. The first kappa shape index (κ1) is 13.3. The van der Waals surface area contributed by atoms with Crippen LogP contribution in [-0.4, -0.2) is 15.9 Å². The van der Waals surface area contributed by atoms with Crippen molar-refractivity contribution in [2.45, 2.75) is 10.6 Å². The van der Waals surface area contributed by atoms with E-state index in [-0.39, 0.29) is 17.2 Å². The van der Waals surface area contributed by atoms with Crippen LogP contribution in [0.3, 0.4) is 0 Å². The molecule has 19 heavy (non-hydrogen) atoms. The molecule has 2 aromatic rings. The van der Waals surface area contributed by atoms with Crippen molar-refractivity contribution >= 4 is 23.5 Å². The Balaban J connectivity index is 2.08. The number of aromatic nitrogens is 2. The van der Waals surface area contributed by atoms with Gasteiger partial charge in [-0.05, 0) is 18.2 Å². The summed E-state index contributed by atoms with van der Waals surface area (Å²) >= 11 is 1.37. The minimum absolute atomic E-state index is 0.0531. The lowest BCUT2D eigenvalue weighted by Crippen LogP contribution is -2.15. The van der Waals surface area contributed by atoms with Gasteiger partial charge in [0.25, 0.3) is 5.91 Å². The van der Waals surface area contributed by atoms with Crippen LogP contribution >= 0.6 is 11.8 Å². The molecule has 0 spiro atoms. The zero-order chi connectivity index (χ0) is 13.8. The minimum atomic E-state index is -0.665. The minimum Gasteiger partial charge on any atom is -0.383 e. The highest BCUT2D eigenvalue weighted by atomic mass is 32.2. The van der Waals surface area contributed by atoms with Gasteiger partial charge in [0.15, 0.2) is 0 Å². The fourth-order valence-electron chi connectivity index (χ4n) is 1.40. The summed E-state index contributed by atoms with van der Waals surface area (Å²) in [6.45, 7) is 0. The second-order valence-electron chi connectivity index (χ2n) is 3.70. The average molecular weight is 278 g/mol. The molecule has 0 saturated heterocycles. The van der Waals surface area contributed by atoms with E-state index < -0.39 is 5.91 Å². The molecule has 98 valence electrons. The molecular formula is C12H11FN4OS. The van der Waals surface area contributed by atoms with Crippen LogP contribution in [0.15, 0.2) is 35.4 Å². The number of halogens is 1. The predicted octanol–water partition coefficient (Wildman–Crippen LogP) is 1.59. The maximum absolute atomic E-state index is 13.0. The van der Waals surface area contributed by atoms with Gasteiger partial charge in [0.1, 0.15) is 17.5 Å². The van der Waals surface area contributed by atoms with Gasteiger partial charge in [-0.1, -0.05) is 6.07 Å². The van der Waals surface area contributed by atoms with Crippen LogP contribution in [-0.2, 0) is 5.75 Å². The molecule has 1 aromatic heterocycles. The summed E-state index contributed by atoms with van der Waals surface area (Å²) in [5, 5.41) is 0. The Morgan fingerprint density at radius 1 is 1.42 bits per heavy atom. The Bertz CT molecular complexity index is 620. The topological polar surface area (TPSA) is 94.9 Å². The third kappa shape index (κ3) is 3.41. The van der Waals surface area contributed by atoms with Crippen molar-refractivity contribution < 1.29 is 9.18 Å². The fraction of sp³-hybridized carbons (Fsp3) is 0.0833. The molecule has 1 amide bonds. The van der Waals surface area contributed by atoms with E-state index in [9.17, 15) is 9.18 Å². The summed E-state index contributed by atoms with van der Waals surface area (Å²) < 4.78 is 13.0. The number of thioether (sulfide) groups is 1. The van der Waals surface area contributed by atoms with Crippen molar-refractivity contribution in [2.75, 3.05) is 5.73 Å². The molecule has 0 fully saturated rings. The number of carbonyl (C=O) groups excluding carboxylic acids is 1. The summed E-state index contributed by atoms with van der Waals surface area (Å²) in [5.41, 5.74) is 10.8. The number of carbonyl (C=O) groups is 1. The molecule has 0 aliphatic rings. The van der Waals surface area contributed by atoms with Crippen LogP contribution in [0, 0.1) is 5.82 Å². The molecule has 0 aliphatic carbocycles. The SMILES string of the molecule is NC(=O)c1cnc(CSc2cccc(F)c2)nc1N. The number of rotatable bonds is 4. The van der Waals surface area contributed by atoms with Gasteiger partial charge in [-0.3, -0.25) is 4.79 Å². The van der Waals surface area contributed by atoms with Gasteiger partial charge in [0.05, 0.1) is 11.3 Å². The maximum atomic E-state index is 13.0. The molecule has 0 saturated carbocycles. The van der Waals surface area contributed by atoms with Gasteiger partial charge in [-0.2, -0.15) is 0 Å². The number of benzene rings is 1. The summed E-state index contributed by atoms with van der Waals surface area (Å²) in [6.07, 6.45) is 1.30. The zero-order valence-corrected chi connectivity index (χ0v) is 10.7. The van der Waals surface area contributed by atoms with Gasteiger partial charge < -0.3 is 11.5 Å². The van der Waals surface area contributed by atoms with Crippen LogP contribution in [0.5, 0.6) is 0 Å². The van der Waals surface area contributed by atoms with Crippen LogP contribution in [0.4, 0.5) is 10.2 Å². The average Bonchev–Trinajstić information content (AvgIpc) is 2.36. The molecule has 1 heterocycles. The molecule has 0 radical (unpaired) electrons. The van der Waals surface area contributed by atoms with Crippen molar-refractivity contribution in [1.82, 2.24) is 9.97 Å². The fourth-order valence-corrected chi connectivity index (χ4v) is 2.20. The lowest BCUT2D eigenvalue weighted by molar-refractivity contribution is 0.100. The highest BCUT2D eigenvalue weighted by Gasteiger charge is 2.09. The molecular weight excluding hydrogens is 267 g/mol. The lowest BCUT2D eigenvalue weighted by atomic mass is 10.3. The summed E-state index contributed by atoms with van der Waals surface area (Å²) in [6, 6.07) is 6.21. The highest BCUT2D eigenvalue weighted by Crippen LogP contribution is 2.22.